The highest BCUT2D eigenvalue weighted by Crippen LogP contribution is 2.50. The van der Waals surface area contributed by atoms with E-state index in [4.69, 9.17) is 0 Å². The Balaban J connectivity index is 2.44. The highest BCUT2D eigenvalue weighted by molar-refractivity contribution is 5.74. The van der Waals surface area contributed by atoms with Gasteiger partial charge < -0.3 is 15.3 Å². The number of carbonyl (C=O) groups excluding carboxylic acids is 1. The van der Waals surface area contributed by atoms with E-state index in [1.165, 1.54) is 19.3 Å². The fourth-order valence-corrected chi connectivity index (χ4v) is 2.67. The molecular formula is C15H30N2O2. The van der Waals surface area contributed by atoms with Crippen LogP contribution in [0.15, 0.2) is 0 Å². The molecule has 0 saturated heterocycles. The summed E-state index contributed by atoms with van der Waals surface area (Å²) in [4.78, 5) is 13.9. The molecule has 2 amide bonds. The lowest BCUT2D eigenvalue weighted by Gasteiger charge is -2.29. The van der Waals surface area contributed by atoms with Gasteiger partial charge in [0.05, 0.1) is 6.10 Å². The largest absolute Gasteiger partial charge is 0.392 e. The van der Waals surface area contributed by atoms with Crippen LogP contribution >= 0.6 is 0 Å². The molecule has 0 radical (unpaired) electrons. The molecule has 0 aromatic heterocycles. The third-order valence-corrected chi connectivity index (χ3v) is 3.76. The van der Waals surface area contributed by atoms with Crippen LogP contribution in [0.2, 0.25) is 0 Å². The summed E-state index contributed by atoms with van der Waals surface area (Å²) in [6.45, 7) is 11.3. The van der Waals surface area contributed by atoms with E-state index in [0.717, 1.165) is 6.54 Å². The zero-order valence-electron chi connectivity index (χ0n) is 13.1. The first-order valence-corrected chi connectivity index (χ1v) is 7.48. The lowest BCUT2D eigenvalue weighted by atomic mass is 9.94. The fraction of sp³-hybridized carbons (Fsp3) is 0.933. The molecule has 0 aliphatic heterocycles. The van der Waals surface area contributed by atoms with Crippen LogP contribution in [0.3, 0.4) is 0 Å². The van der Waals surface area contributed by atoms with Gasteiger partial charge in [-0.25, -0.2) is 4.79 Å². The maximum atomic E-state index is 12.2. The number of aliphatic hydroxyl groups is 1. The minimum absolute atomic E-state index is 0.0501. The Labute approximate surface area is 117 Å². The lowest BCUT2D eigenvalue weighted by Crippen LogP contribution is -2.48. The molecule has 0 bridgehead atoms. The minimum atomic E-state index is -0.487. The van der Waals surface area contributed by atoms with Crippen LogP contribution in [0.25, 0.3) is 0 Å². The summed E-state index contributed by atoms with van der Waals surface area (Å²) in [6, 6.07) is 0.0563. The van der Waals surface area contributed by atoms with E-state index in [0.29, 0.717) is 17.9 Å². The number of nitrogens with one attached hydrogen (secondary N) is 1. The van der Waals surface area contributed by atoms with Gasteiger partial charge >= 0.3 is 6.03 Å². The Morgan fingerprint density at radius 2 is 1.84 bits per heavy atom. The second-order valence-electron chi connectivity index (χ2n) is 6.85. The minimum Gasteiger partial charge on any atom is -0.392 e. The second-order valence-corrected chi connectivity index (χ2v) is 6.85. The van der Waals surface area contributed by atoms with Gasteiger partial charge in [-0.2, -0.15) is 0 Å². The second kappa shape index (κ2) is 6.60. The molecule has 4 nitrogen and oxygen atoms in total. The normalized spacial score (nSPS) is 18.5. The summed E-state index contributed by atoms with van der Waals surface area (Å²) in [5, 5.41) is 12.5. The molecule has 0 aromatic carbocycles. The topological polar surface area (TPSA) is 52.6 Å². The number of nitrogens with zero attached hydrogens (tertiary/aromatic N) is 1. The van der Waals surface area contributed by atoms with Gasteiger partial charge in [0.1, 0.15) is 0 Å². The van der Waals surface area contributed by atoms with Crippen LogP contribution in [0.5, 0.6) is 0 Å². The van der Waals surface area contributed by atoms with Crippen molar-refractivity contribution in [2.45, 2.75) is 66.0 Å². The van der Waals surface area contributed by atoms with Gasteiger partial charge in [-0.1, -0.05) is 13.8 Å². The Kier molecular flexibility index (Phi) is 5.65. The molecule has 1 saturated carbocycles. The molecule has 1 aliphatic carbocycles. The van der Waals surface area contributed by atoms with Crippen LogP contribution in [-0.4, -0.2) is 41.3 Å². The van der Waals surface area contributed by atoms with Crippen molar-refractivity contribution >= 4 is 6.03 Å². The van der Waals surface area contributed by atoms with Crippen molar-refractivity contribution in [3.05, 3.63) is 0 Å². The van der Waals surface area contributed by atoms with Gasteiger partial charge in [0.15, 0.2) is 0 Å². The molecule has 112 valence electrons. The lowest BCUT2D eigenvalue weighted by molar-refractivity contribution is 0.118. The maximum absolute atomic E-state index is 12.2. The molecule has 19 heavy (non-hydrogen) atoms. The van der Waals surface area contributed by atoms with Crippen molar-refractivity contribution in [2.75, 3.05) is 13.1 Å². The number of hydrogen-bond donors (Lipinski definition) is 2. The van der Waals surface area contributed by atoms with Crippen molar-refractivity contribution in [1.29, 1.82) is 0 Å². The summed E-state index contributed by atoms with van der Waals surface area (Å²) in [6.07, 6.45) is 3.15. The van der Waals surface area contributed by atoms with Crippen molar-refractivity contribution in [1.82, 2.24) is 10.2 Å². The maximum Gasteiger partial charge on any atom is 0.317 e. The molecule has 0 spiro atoms. The van der Waals surface area contributed by atoms with Gasteiger partial charge in [0.25, 0.3) is 0 Å². The van der Waals surface area contributed by atoms with Crippen molar-refractivity contribution < 1.29 is 9.90 Å². The van der Waals surface area contributed by atoms with E-state index in [1.807, 2.05) is 13.8 Å². The molecule has 2 N–H and O–H groups in total. The molecule has 1 aliphatic rings. The predicted octanol–water partition coefficient (Wildman–Crippen LogP) is 2.61. The van der Waals surface area contributed by atoms with Crippen LogP contribution in [0, 0.1) is 11.3 Å². The average Bonchev–Trinajstić information content (AvgIpc) is 3.01. The SMILES string of the molecule is CC(C)CC1(CNC(=O)N(CC(C)O)C(C)C)CC1. The number of carbonyl (C=O) groups is 1. The highest BCUT2D eigenvalue weighted by atomic mass is 16.3. The van der Waals surface area contributed by atoms with Crippen LogP contribution < -0.4 is 5.32 Å². The highest BCUT2D eigenvalue weighted by Gasteiger charge is 2.43. The monoisotopic (exact) mass is 270 g/mol. The van der Waals surface area contributed by atoms with Crippen molar-refractivity contribution in [3.8, 4) is 0 Å². The van der Waals surface area contributed by atoms with E-state index in [1.54, 1.807) is 11.8 Å². The summed E-state index contributed by atoms with van der Waals surface area (Å²) in [5.41, 5.74) is 0.345. The number of aliphatic hydroxyl groups excluding tert-OH is 1. The van der Waals surface area contributed by atoms with E-state index >= 15 is 0 Å². The number of urea groups is 1. The Morgan fingerprint density at radius 1 is 1.26 bits per heavy atom. The number of rotatable bonds is 7. The van der Waals surface area contributed by atoms with Crippen LogP contribution in [-0.2, 0) is 0 Å². The van der Waals surface area contributed by atoms with Gasteiger partial charge in [0.2, 0.25) is 0 Å². The van der Waals surface area contributed by atoms with Gasteiger partial charge in [-0.05, 0) is 51.4 Å². The number of amides is 2. The summed E-state index contributed by atoms with van der Waals surface area (Å²) in [7, 11) is 0. The predicted molar refractivity (Wildman–Crippen MR) is 78.0 cm³/mol. The summed E-state index contributed by atoms with van der Waals surface area (Å²) >= 11 is 0. The van der Waals surface area contributed by atoms with Crippen molar-refractivity contribution in [3.63, 3.8) is 0 Å². The molecule has 1 fully saturated rings. The zero-order chi connectivity index (χ0) is 14.6. The Morgan fingerprint density at radius 3 is 2.21 bits per heavy atom. The molecule has 1 atom stereocenters. The first-order chi connectivity index (χ1) is 8.76. The van der Waals surface area contributed by atoms with E-state index in [2.05, 4.69) is 19.2 Å². The average molecular weight is 270 g/mol. The quantitative estimate of drug-likeness (QED) is 0.747. The molecule has 1 rings (SSSR count). The zero-order valence-corrected chi connectivity index (χ0v) is 13.1. The fourth-order valence-electron chi connectivity index (χ4n) is 2.67. The Bertz CT molecular complexity index is 297. The van der Waals surface area contributed by atoms with Gasteiger partial charge in [-0.3, -0.25) is 0 Å². The van der Waals surface area contributed by atoms with E-state index in [-0.39, 0.29) is 12.1 Å². The molecule has 0 heterocycles. The molecule has 0 aromatic rings. The smallest absolute Gasteiger partial charge is 0.317 e. The number of hydrogen-bond acceptors (Lipinski definition) is 2. The summed E-state index contributed by atoms with van der Waals surface area (Å²) in [5.74, 6) is 0.679. The molecule has 4 heteroatoms. The first-order valence-electron chi connectivity index (χ1n) is 7.48. The van der Waals surface area contributed by atoms with E-state index < -0.39 is 6.10 Å². The van der Waals surface area contributed by atoms with Crippen LogP contribution in [0.1, 0.15) is 53.9 Å². The molecular weight excluding hydrogens is 240 g/mol. The molecule has 1 unspecified atom stereocenters. The first kappa shape index (κ1) is 16.3. The van der Waals surface area contributed by atoms with Gasteiger partial charge in [-0.15, -0.1) is 0 Å². The standard InChI is InChI=1S/C15H30N2O2/c1-11(2)8-15(6-7-15)10-16-14(19)17(12(3)4)9-13(5)18/h11-13,18H,6-10H2,1-5H3,(H,16,19). The Hall–Kier alpha value is -0.770. The summed E-state index contributed by atoms with van der Waals surface area (Å²) < 4.78 is 0. The van der Waals surface area contributed by atoms with E-state index in [9.17, 15) is 9.90 Å². The van der Waals surface area contributed by atoms with Crippen LogP contribution in [0.4, 0.5) is 4.79 Å². The third-order valence-electron chi connectivity index (χ3n) is 3.76. The van der Waals surface area contributed by atoms with Crippen molar-refractivity contribution in [2.24, 2.45) is 11.3 Å². The van der Waals surface area contributed by atoms with Gasteiger partial charge in [0, 0.05) is 19.1 Å². The third kappa shape index (κ3) is 5.39.